The molecule has 0 atom stereocenters. The van der Waals surface area contributed by atoms with Crippen molar-refractivity contribution in [2.45, 2.75) is 11.3 Å². The fourth-order valence-electron chi connectivity index (χ4n) is 1.55. The lowest BCUT2D eigenvalue weighted by atomic mass is 10.3. The van der Waals surface area contributed by atoms with E-state index in [9.17, 15) is 19.8 Å². The summed E-state index contributed by atoms with van der Waals surface area (Å²) in [6.07, 6.45) is 0.738. The average molecular weight is 354 g/mol. The number of carbonyl (C=O) groups is 2. The first-order valence-corrected chi connectivity index (χ1v) is 8.82. The molecule has 0 saturated heterocycles. The van der Waals surface area contributed by atoms with E-state index >= 15 is 0 Å². The van der Waals surface area contributed by atoms with Gasteiger partial charge < -0.3 is 20.4 Å². The summed E-state index contributed by atoms with van der Waals surface area (Å²) < 4.78 is 0.666. The fourth-order valence-corrected chi connectivity index (χ4v) is 3.51. The monoisotopic (exact) mass is 354 g/mol. The lowest BCUT2D eigenvalue weighted by Crippen LogP contribution is -2.19. The van der Waals surface area contributed by atoms with Crippen LogP contribution < -0.4 is 10.2 Å². The largest absolute Gasteiger partial charge is 0.492 e. The predicted octanol–water partition coefficient (Wildman–Crippen LogP) is 2.25. The van der Waals surface area contributed by atoms with Gasteiger partial charge >= 0.3 is 5.97 Å². The summed E-state index contributed by atoms with van der Waals surface area (Å²) in [5.41, 5.74) is 0.712. The van der Waals surface area contributed by atoms with E-state index in [0.717, 1.165) is 4.90 Å². The van der Waals surface area contributed by atoms with Crippen LogP contribution in [0, 0.1) is 0 Å². The SMILES string of the molecule is O=CNc1ccc(SSCCC(=O)On2c(O)ccc2O)cc1. The Kier molecular flexibility index (Phi) is 6.24. The molecular formula is C14H14N2O5S2. The number of nitrogens with one attached hydrogen (secondary N) is 1. The molecule has 122 valence electrons. The number of anilines is 1. The first-order chi connectivity index (χ1) is 11.1. The molecule has 3 N–H and O–H groups in total. The van der Waals surface area contributed by atoms with Gasteiger partial charge in [-0.1, -0.05) is 21.6 Å². The van der Waals surface area contributed by atoms with Crippen LogP contribution in [-0.2, 0) is 9.59 Å². The Morgan fingerprint density at radius 2 is 1.83 bits per heavy atom. The van der Waals surface area contributed by atoms with Crippen molar-refractivity contribution in [3.05, 3.63) is 36.4 Å². The standard InChI is InChI=1S/C14H14N2O5S2/c17-9-15-10-1-3-11(4-2-10)23-22-8-7-14(20)21-16-12(18)5-6-13(16)19/h1-6,9,18-19H,7-8H2,(H,15,17). The molecule has 9 heteroatoms. The van der Waals surface area contributed by atoms with Gasteiger partial charge in [-0.3, -0.25) is 4.79 Å². The van der Waals surface area contributed by atoms with E-state index in [-0.39, 0.29) is 18.2 Å². The molecule has 2 aromatic rings. The number of hydrogen-bond acceptors (Lipinski definition) is 7. The number of hydrogen-bond donors (Lipinski definition) is 3. The molecule has 1 heterocycles. The molecule has 1 amide bonds. The normalized spacial score (nSPS) is 10.3. The molecule has 0 radical (unpaired) electrons. The molecule has 0 aliphatic carbocycles. The van der Waals surface area contributed by atoms with Gasteiger partial charge in [-0.25, -0.2) is 4.79 Å². The second-order valence-electron chi connectivity index (χ2n) is 4.25. The Bertz CT molecular complexity index is 653. The maximum Gasteiger partial charge on any atom is 0.334 e. The summed E-state index contributed by atoms with van der Waals surface area (Å²) in [5.74, 6) is -0.755. The van der Waals surface area contributed by atoms with Crippen molar-refractivity contribution in [2.75, 3.05) is 11.1 Å². The first kappa shape index (κ1) is 17.1. The minimum Gasteiger partial charge on any atom is -0.492 e. The van der Waals surface area contributed by atoms with Crippen molar-refractivity contribution in [3.8, 4) is 11.8 Å². The Balaban J connectivity index is 1.70. The summed E-state index contributed by atoms with van der Waals surface area (Å²) in [4.78, 5) is 27.7. The van der Waals surface area contributed by atoms with Crippen LogP contribution in [0.1, 0.15) is 6.42 Å². The van der Waals surface area contributed by atoms with Crippen molar-refractivity contribution in [3.63, 3.8) is 0 Å². The highest BCUT2D eigenvalue weighted by Gasteiger charge is 2.12. The summed E-state index contributed by atoms with van der Waals surface area (Å²) in [6, 6.07) is 9.72. The van der Waals surface area contributed by atoms with Crippen molar-refractivity contribution in [1.29, 1.82) is 0 Å². The Labute approximate surface area is 140 Å². The van der Waals surface area contributed by atoms with Gasteiger partial charge in [0.05, 0.1) is 6.42 Å². The van der Waals surface area contributed by atoms with Crippen molar-refractivity contribution in [2.24, 2.45) is 0 Å². The third-order valence-electron chi connectivity index (χ3n) is 2.62. The van der Waals surface area contributed by atoms with E-state index in [1.807, 2.05) is 12.1 Å². The number of aromatic nitrogens is 1. The maximum atomic E-state index is 11.6. The Hall–Kier alpha value is -2.26. The van der Waals surface area contributed by atoms with Crippen LogP contribution in [0.5, 0.6) is 11.8 Å². The molecule has 0 saturated carbocycles. The quantitative estimate of drug-likeness (QED) is 0.380. The van der Waals surface area contributed by atoms with E-state index in [1.54, 1.807) is 12.1 Å². The Morgan fingerprint density at radius 1 is 1.17 bits per heavy atom. The van der Waals surface area contributed by atoms with Gasteiger partial charge in [0.25, 0.3) is 0 Å². The van der Waals surface area contributed by atoms with E-state index in [1.165, 1.54) is 33.7 Å². The van der Waals surface area contributed by atoms with Crippen LogP contribution in [0.4, 0.5) is 5.69 Å². The number of amides is 1. The summed E-state index contributed by atoms with van der Waals surface area (Å²) >= 11 is 0. The van der Waals surface area contributed by atoms with Gasteiger partial charge in [0.2, 0.25) is 18.2 Å². The lowest BCUT2D eigenvalue weighted by molar-refractivity contribution is -0.144. The zero-order valence-corrected chi connectivity index (χ0v) is 13.5. The predicted molar refractivity (Wildman–Crippen MR) is 88.4 cm³/mol. The van der Waals surface area contributed by atoms with Crippen LogP contribution in [0.25, 0.3) is 0 Å². The zero-order valence-electron chi connectivity index (χ0n) is 11.8. The molecule has 0 aliphatic heterocycles. The number of benzene rings is 1. The molecule has 2 rings (SSSR count). The van der Waals surface area contributed by atoms with Crippen molar-refractivity contribution in [1.82, 2.24) is 4.73 Å². The smallest absolute Gasteiger partial charge is 0.334 e. The molecule has 0 unspecified atom stereocenters. The highest BCUT2D eigenvalue weighted by Crippen LogP contribution is 2.32. The van der Waals surface area contributed by atoms with Crippen LogP contribution in [-0.4, -0.2) is 33.1 Å². The number of nitrogens with zero attached hydrogens (tertiary/aromatic N) is 1. The zero-order chi connectivity index (χ0) is 16.7. The molecule has 7 nitrogen and oxygen atoms in total. The minimum atomic E-state index is -0.564. The van der Waals surface area contributed by atoms with Gasteiger partial charge in [0.1, 0.15) is 0 Å². The van der Waals surface area contributed by atoms with Crippen molar-refractivity contribution >= 4 is 39.7 Å². The third kappa shape index (κ3) is 5.15. The molecule has 0 fully saturated rings. The van der Waals surface area contributed by atoms with Crippen LogP contribution in [0.2, 0.25) is 0 Å². The maximum absolute atomic E-state index is 11.6. The lowest BCUT2D eigenvalue weighted by Gasteiger charge is -2.06. The molecular weight excluding hydrogens is 340 g/mol. The minimum absolute atomic E-state index is 0.125. The van der Waals surface area contributed by atoms with Crippen molar-refractivity contribution < 1.29 is 24.6 Å². The molecule has 1 aromatic heterocycles. The van der Waals surface area contributed by atoms with Crippen LogP contribution in [0.3, 0.4) is 0 Å². The number of aromatic hydroxyl groups is 2. The fraction of sp³-hybridized carbons (Fsp3) is 0.143. The van der Waals surface area contributed by atoms with E-state index in [0.29, 0.717) is 22.6 Å². The number of carbonyl (C=O) groups excluding carboxylic acids is 2. The average Bonchev–Trinajstić information content (AvgIpc) is 2.85. The molecule has 0 aliphatic rings. The first-order valence-electron chi connectivity index (χ1n) is 6.50. The second kappa shape index (κ2) is 8.39. The van der Waals surface area contributed by atoms with E-state index in [4.69, 9.17) is 4.84 Å². The van der Waals surface area contributed by atoms with E-state index < -0.39 is 5.97 Å². The summed E-state index contributed by atoms with van der Waals surface area (Å²) in [5, 5.41) is 21.2. The Morgan fingerprint density at radius 3 is 2.43 bits per heavy atom. The van der Waals surface area contributed by atoms with E-state index in [2.05, 4.69) is 5.32 Å². The number of rotatable bonds is 8. The van der Waals surface area contributed by atoms with Gasteiger partial charge in [0, 0.05) is 28.5 Å². The topological polar surface area (TPSA) is 101 Å². The molecule has 0 spiro atoms. The van der Waals surface area contributed by atoms with Gasteiger partial charge in [-0.05, 0) is 24.3 Å². The molecule has 0 bridgehead atoms. The van der Waals surface area contributed by atoms with Gasteiger partial charge in [-0.15, -0.1) is 4.73 Å². The summed E-state index contributed by atoms with van der Waals surface area (Å²) in [7, 11) is 2.96. The second-order valence-corrected chi connectivity index (χ2v) is 6.74. The molecule has 23 heavy (non-hydrogen) atoms. The highest BCUT2D eigenvalue weighted by molar-refractivity contribution is 8.76. The van der Waals surface area contributed by atoms with Crippen LogP contribution >= 0.6 is 21.6 Å². The molecule has 1 aromatic carbocycles. The third-order valence-corrected chi connectivity index (χ3v) is 5.00. The highest BCUT2D eigenvalue weighted by atomic mass is 33.1. The summed E-state index contributed by atoms with van der Waals surface area (Å²) in [6.45, 7) is 0. The van der Waals surface area contributed by atoms with Gasteiger partial charge in [-0.2, -0.15) is 0 Å². The van der Waals surface area contributed by atoms with Gasteiger partial charge in [0.15, 0.2) is 0 Å². The van der Waals surface area contributed by atoms with Crippen LogP contribution in [0.15, 0.2) is 41.3 Å².